The molecule has 0 aliphatic rings. The van der Waals surface area contributed by atoms with Crippen molar-refractivity contribution in [2.45, 2.75) is 6.92 Å². The van der Waals surface area contributed by atoms with Crippen molar-refractivity contribution >= 4 is 17.4 Å². The largest absolute Gasteiger partial charge is 0.289 e. The fourth-order valence-corrected chi connectivity index (χ4v) is 1.85. The molecule has 0 fully saturated rings. The maximum Gasteiger partial charge on any atom is 0.193 e. The van der Waals surface area contributed by atoms with Crippen molar-refractivity contribution in [2.24, 2.45) is 0 Å². The van der Waals surface area contributed by atoms with E-state index < -0.39 is 0 Å². The lowest BCUT2D eigenvalue weighted by molar-refractivity contribution is 0.103. The van der Waals surface area contributed by atoms with E-state index in [1.165, 1.54) is 0 Å². The zero-order valence-electron chi connectivity index (χ0n) is 8.91. The molecule has 0 atom stereocenters. The summed E-state index contributed by atoms with van der Waals surface area (Å²) in [6.45, 7) is 1.89. The zero-order chi connectivity index (χ0) is 11.5. The van der Waals surface area contributed by atoms with E-state index in [0.29, 0.717) is 16.1 Å². The Morgan fingerprint density at radius 3 is 2.38 bits per heavy atom. The van der Waals surface area contributed by atoms with Crippen LogP contribution in [0.3, 0.4) is 0 Å². The zero-order valence-corrected chi connectivity index (χ0v) is 9.66. The summed E-state index contributed by atoms with van der Waals surface area (Å²) >= 11 is 5.86. The van der Waals surface area contributed by atoms with Crippen LogP contribution < -0.4 is 0 Å². The predicted molar refractivity (Wildman–Crippen MR) is 66.1 cm³/mol. The summed E-state index contributed by atoms with van der Waals surface area (Å²) in [5.41, 5.74) is 2.31. The Morgan fingerprint density at radius 1 is 1.06 bits per heavy atom. The van der Waals surface area contributed by atoms with Gasteiger partial charge in [-0.25, -0.2) is 0 Å². The minimum absolute atomic E-state index is 0.0368. The third-order valence-electron chi connectivity index (χ3n) is 2.47. The Labute approximate surface area is 99.7 Å². The fourth-order valence-electron chi connectivity index (χ4n) is 1.63. The highest BCUT2D eigenvalue weighted by molar-refractivity contribution is 6.30. The Balaban J connectivity index is 2.42. The number of hydrogen-bond donors (Lipinski definition) is 0. The minimum Gasteiger partial charge on any atom is -0.289 e. The second kappa shape index (κ2) is 4.50. The van der Waals surface area contributed by atoms with Crippen LogP contribution in [0.2, 0.25) is 5.02 Å². The molecule has 2 aromatic carbocycles. The molecule has 0 amide bonds. The van der Waals surface area contributed by atoms with Crippen LogP contribution in [0, 0.1) is 6.92 Å². The molecule has 80 valence electrons. The number of benzene rings is 2. The average Bonchev–Trinajstić information content (AvgIpc) is 2.29. The van der Waals surface area contributed by atoms with E-state index >= 15 is 0 Å². The molecule has 0 bridgehead atoms. The van der Waals surface area contributed by atoms with E-state index in [0.717, 1.165) is 5.56 Å². The van der Waals surface area contributed by atoms with Crippen molar-refractivity contribution in [2.75, 3.05) is 0 Å². The highest BCUT2D eigenvalue weighted by Crippen LogP contribution is 2.18. The first-order chi connectivity index (χ1) is 7.68. The van der Waals surface area contributed by atoms with Gasteiger partial charge in [0, 0.05) is 16.1 Å². The summed E-state index contributed by atoms with van der Waals surface area (Å²) in [7, 11) is 0. The second-order valence-electron chi connectivity index (χ2n) is 3.65. The van der Waals surface area contributed by atoms with Crippen LogP contribution in [0.15, 0.2) is 48.5 Å². The highest BCUT2D eigenvalue weighted by Gasteiger charge is 2.10. The molecule has 2 heteroatoms. The van der Waals surface area contributed by atoms with Gasteiger partial charge in [-0.2, -0.15) is 0 Å². The first-order valence-corrected chi connectivity index (χ1v) is 5.42. The Kier molecular flexibility index (Phi) is 3.07. The quantitative estimate of drug-likeness (QED) is 0.716. The van der Waals surface area contributed by atoms with Crippen molar-refractivity contribution < 1.29 is 4.79 Å². The molecule has 0 radical (unpaired) electrons. The van der Waals surface area contributed by atoms with Gasteiger partial charge in [-0.3, -0.25) is 4.79 Å². The van der Waals surface area contributed by atoms with Crippen molar-refractivity contribution in [3.8, 4) is 0 Å². The molecule has 2 rings (SSSR count). The minimum atomic E-state index is 0.0368. The normalized spacial score (nSPS) is 10.1. The van der Waals surface area contributed by atoms with E-state index in [1.54, 1.807) is 18.2 Å². The Hall–Kier alpha value is -1.60. The molecular weight excluding hydrogens is 220 g/mol. The SMILES string of the molecule is Cc1cc(Cl)ccc1C(=O)c1ccccc1. The van der Waals surface area contributed by atoms with Gasteiger partial charge in [-0.1, -0.05) is 41.9 Å². The predicted octanol–water partition coefficient (Wildman–Crippen LogP) is 3.88. The Bertz CT molecular complexity index is 518. The van der Waals surface area contributed by atoms with Crippen molar-refractivity contribution in [3.63, 3.8) is 0 Å². The molecule has 0 saturated heterocycles. The molecule has 0 unspecified atom stereocenters. The van der Waals surface area contributed by atoms with Crippen molar-refractivity contribution in [1.82, 2.24) is 0 Å². The lowest BCUT2D eigenvalue weighted by atomic mass is 9.99. The summed E-state index contributed by atoms with van der Waals surface area (Å²) in [6.07, 6.45) is 0. The third-order valence-corrected chi connectivity index (χ3v) is 2.70. The number of hydrogen-bond acceptors (Lipinski definition) is 1. The van der Waals surface area contributed by atoms with Crippen molar-refractivity contribution in [3.05, 3.63) is 70.2 Å². The monoisotopic (exact) mass is 230 g/mol. The molecule has 0 N–H and O–H groups in total. The van der Waals surface area contributed by atoms with Crippen LogP contribution in [0.4, 0.5) is 0 Å². The van der Waals surface area contributed by atoms with Gasteiger partial charge in [-0.05, 0) is 30.7 Å². The van der Waals surface area contributed by atoms with Crippen LogP contribution in [-0.4, -0.2) is 5.78 Å². The molecular formula is C14H11ClO. The van der Waals surface area contributed by atoms with E-state index in [4.69, 9.17) is 11.6 Å². The number of rotatable bonds is 2. The molecule has 2 aromatic rings. The molecule has 0 aliphatic heterocycles. The standard InChI is InChI=1S/C14H11ClO/c1-10-9-12(15)7-8-13(10)14(16)11-5-3-2-4-6-11/h2-9H,1H3. The van der Waals surface area contributed by atoms with Crippen LogP contribution in [-0.2, 0) is 0 Å². The topological polar surface area (TPSA) is 17.1 Å². The highest BCUT2D eigenvalue weighted by atomic mass is 35.5. The number of ketones is 1. The first-order valence-electron chi connectivity index (χ1n) is 5.04. The van der Waals surface area contributed by atoms with Crippen LogP contribution in [0.5, 0.6) is 0 Å². The van der Waals surface area contributed by atoms with Gasteiger partial charge in [-0.15, -0.1) is 0 Å². The van der Waals surface area contributed by atoms with E-state index in [1.807, 2.05) is 37.3 Å². The smallest absolute Gasteiger partial charge is 0.193 e. The maximum atomic E-state index is 12.1. The van der Waals surface area contributed by atoms with Gasteiger partial charge in [0.2, 0.25) is 0 Å². The van der Waals surface area contributed by atoms with E-state index in [2.05, 4.69) is 0 Å². The summed E-state index contributed by atoms with van der Waals surface area (Å²) in [5.74, 6) is 0.0368. The van der Waals surface area contributed by atoms with Gasteiger partial charge >= 0.3 is 0 Å². The number of aryl methyl sites for hydroxylation is 1. The van der Waals surface area contributed by atoms with Gasteiger partial charge in [0.25, 0.3) is 0 Å². The Morgan fingerprint density at radius 2 is 1.75 bits per heavy atom. The van der Waals surface area contributed by atoms with Gasteiger partial charge in [0.15, 0.2) is 5.78 Å². The lowest BCUT2D eigenvalue weighted by Gasteiger charge is -2.05. The average molecular weight is 231 g/mol. The number of carbonyl (C=O) groups is 1. The van der Waals surface area contributed by atoms with Gasteiger partial charge in [0.05, 0.1) is 0 Å². The summed E-state index contributed by atoms with van der Waals surface area (Å²) < 4.78 is 0. The van der Waals surface area contributed by atoms with E-state index in [-0.39, 0.29) is 5.78 Å². The molecule has 0 aromatic heterocycles. The molecule has 0 aliphatic carbocycles. The molecule has 1 nitrogen and oxygen atoms in total. The summed E-state index contributed by atoms with van der Waals surface area (Å²) in [5, 5.41) is 0.655. The van der Waals surface area contributed by atoms with Crippen molar-refractivity contribution in [1.29, 1.82) is 0 Å². The molecule has 0 spiro atoms. The fraction of sp³-hybridized carbons (Fsp3) is 0.0714. The third kappa shape index (κ3) is 2.15. The van der Waals surface area contributed by atoms with Crippen LogP contribution >= 0.6 is 11.6 Å². The lowest BCUT2D eigenvalue weighted by Crippen LogP contribution is -2.03. The van der Waals surface area contributed by atoms with Gasteiger partial charge in [0.1, 0.15) is 0 Å². The maximum absolute atomic E-state index is 12.1. The van der Waals surface area contributed by atoms with Gasteiger partial charge < -0.3 is 0 Å². The molecule has 16 heavy (non-hydrogen) atoms. The van der Waals surface area contributed by atoms with Crippen LogP contribution in [0.1, 0.15) is 21.5 Å². The number of halogens is 1. The first kappa shape index (κ1) is 10.9. The second-order valence-corrected chi connectivity index (χ2v) is 4.09. The summed E-state index contributed by atoms with van der Waals surface area (Å²) in [4.78, 5) is 12.1. The van der Waals surface area contributed by atoms with Crippen LogP contribution in [0.25, 0.3) is 0 Å². The molecule has 0 saturated carbocycles. The number of carbonyl (C=O) groups excluding carboxylic acids is 1. The van der Waals surface area contributed by atoms with E-state index in [9.17, 15) is 4.79 Å². The molecule has 0 heterocycles. The summed E-state index contributed by atoms with van der Waals surface area (Å²) in [6, 6.07) is 14.6.